The van der Waals surface area contributed by atoms with E-state index in [0.29, 0.717) is 17.4 Å². The van der Waals surface area contributed by atoms with Crippen LogP contribution in [-0.4, -0.2) is 64.4 Å². The molecule has 2 aromatic carbocycles. The molecule has 4 rings (SSSR count). The van der Waals surface area contributed by atoms with Crippen molar-refractivity contribution in [3.8, 4) is 11.4 Å². The number of anilines is 1. The van der Waals surface area contributed by atoms with Gasteiger partial charge in [-0.2, -0.15) is 4.80 Å². The lowest BCUT2D eigenvalue weighted by Crippen LogP contribution is -2.37. The number of aromatic nitrogens is 4. The molecule has 0 aliphatic carbocycles. The number of hydrogen-bond donors (Lipinski definition) is 0. The van der Waals surface area contributed by atoms with Gasteiger partial charge in [0, 0.05) is 43.0 Å². The second-order valence-electron chi connectivity index (χ2n) is 7.13. The molecule has 156 valence electrons. The fraction of sp³-hybridized carbons (Fsp3) is 0.333. The van der Waals surface area contributed by atoms with Crippen molar-refractivity contribution in [2.24, 2.45) is 0 Å². The van der Waals surface area contributed by atoms with Crippen molar-refractivity contribution >= 4 is 23.2 Å². The summed E-state index contributed by atoms with van der Waals surface area (Å²) in [5.74, 6) is 0.367. The first-order chi connectivity index (χ1) is 14.6. The smallest absolute Gasteiger partial charge is 0.246 e. The van der Waals surface area contributed by atoms with Crippen LogP contribution in [0.15, 0.2) is 48.5 Å². The second kappa shape index (κ2) is 9.23. The van der Waals surface area contributed by atoms with Gasteiger partial charge in [0.2, 0.25) is 11.7 Å². The maximum Gasteiger partial charge on any atom is 0.246 e. The summed E-state index contributed by atoms with van der Waals surface area (Å²) in [6.45, 7) is 3.67. The SMILES string of the molecule is CN(Cc1ccccc1N1CCOCC1)C(=O)Cn1nnc(-c2ccc(Cl)cc2)n1. The normalized spacial score (nSPS) is 14.0. The van der Waals surface area contributed by atoms with E-state index in [0.717, 1.165) is 43.1 Å². The van der Waals surface area contributed by atoms with Gasteiger partial charge >= 0.3 is 0 Å². The first kappa shape index (κ1) is 20.3. The number of ether oxygens (including phenoxy) is 1. The zero-order chi connectivity index (χ0) is 20.9. The molecule has 30 heavy (non-hydrogen) atoms. The Kier molecular flexibility index (Phi) is 6.25. The number of hydrogen-bond acceptors (Lipinski definition) is 6. The molecule has 1 aromatic heterocycles. The molecule has 1 fully saturated rings. The summed E-state index contributed by atoms with van der Waals surface area (Å²) in [5, 5.41) is 13.0. The Labute approximate surface area is 180 Å². The van der Waals surface area contributed by atoms with Crippen molar-refractivity contribution in [3.63, 3.8) is 0 Å². The molecule has 0 bridgehead atoms. The van der Waals surface area contributed by atoms with Gasteiger partial charge in [0.25, 0.3) is 0 Å². The quantitative estimate of drug-likeness (QED) is 0.602. The molecule has 0 N–H and O–H groups in total. The monoisotopic (exact) mass is 426 g/mol. The minimum atomic E-state index is -0.0909. The Bertz CT molecular complexity index is 1000. The fourth-order valence-corrected chi connectivity index (χ4v) is 3.49. The van der Waals surface area contributed by atoms with Crippen LogP contribution in [-0.2, 0) is 22.6 Å². The molecule has 1 saturated heterocycles. The average molecular weight is 427 g/mol. The van der Waals surface area contributed by atoms with Crippen LogP contribution in [0.3, 0.4) is 0 Å². The Morgan fingerprint density at radius 2 is 1.87 bits per heavy atom. The number of tetrazole rings is 1. The van der Waals surface area contributed by atoms with Gasteiger partial charge in [-0.05, 0) is 41.1 Å². The molecule has 1 aliphatic rings. The summed E-state index contributed by atoms with van der Waals surface area (Å²) < 4.78 is 5.45. The molecular formula is C21H23ClN6O2. The van der Waals surface area contributed by atoms with Crippen molar-refractivity contribution in [2.75, 3.05) is 38.3 Å². The first-order valence-corrected chi connectivity index (χ1v) is 10.2. The summed E-state index contributed by atoms with van der Waals surface area (Å²) in [6.07, 6.45) is 0. The zero-order valence-corrected chi connectivity index (χ0v) is 17.5. The highest BCUT2D eigenvalue weighted by Crippen LogP contribution is 2.23. The van der Waals surface area contributed by atoms with E-state index in [-0.39, 0.29) is 12.5 Å². The molecule has 0 saturated carbocycles. The van der Waals surface area contributed by atoms with E-state index in [1.54, 1.807) is 24.1 Å². The maximum absolute atomic E-state index is 12.7. The third kappa shape index (κ3) is 4.77. The van der Waals surface area contributed by atoms with Gasteiger partial charge in [-0.25, -0.2) is 0 Å². The fourth-order valence-electron chi connectivity index (χ4n) is 3.37. The number of amides is 1. The Morgan fingerprint density at radius 3 is 2.63 bits per heavy atom. The molecule has 9 heteroatoms. The number of carbonyl (C=O) groups is 1. The molecule has 0 atom stereocenters. The van der Waals surface area contributed by atoms with E-state index in [1.807, 2.05) is 24.3 Å². The number of carbonyl (C=O) groups excluding carboxylic acids is 1. The Hall–Kier alpha value is -2.97. The molecular weight excluding hydrogens is 404 g/mol. The number of rotatable bonds is 6. The zero-order valence-electron chi connectivity index (χ0n) is 16.7. The van der Waals surface area contributed by atoms with Crippen LogP contribution in [0.1, 0.15) is 5.56 Å². The number of benzene rings is 2. The van der Waals surface area contributed by atoms with Crippen molar-refractivity contribution in [2.45, 2.75) is 13.1 Å². The van der Waals surface area contributed by atoms with Crippen molar-refractivity contribution < 1.29 is 9.53 Å². The molecule has 3 aromatic rings. The van der Waals surface area contributed by atoms with Crippen molar-refractivity contribution in [1.82, 2.24) is 25.1 Å². The number of morpholine rings is 1. The van der Waals surface area contributed by atoms with Gasteiger partial charge in [0.05, 0.1) is 13.2 Å². The van der Waals surface area contributed by atoms with Crippen LogP contribution in [0.4, 0.5) is 5.69 Å². The van der Waals surface area contributed by atoms with Gasteiger partial charge in [-0.1, -0.05) is 29.8 Å². The van der Waals surface area contributed by atoms with E-state index in [2.05, 4.69) is 32.4 Å². The molecule has 1 amide bonds. The molecule has 2 heterocycles. The molecule has 8 nitrogen and oxygen atoms in total. The van der Waals surface area contributed by atoms with Crippen LogP contribution in [0, 0.1) is 0 Å². The predicted molar refractivity (Wildman–Crippen MR) is 114 cm³/mol. The third-order valence-electron chi connectivity index (χ3n) is 5.01. The number of nitrogens with zero attached hydrogens (tertiary/aromatic N) is 6. The molecule has 1 aliphatic heterocycles. The van der Waals surface area contributed by atoms with Gasteiger partial charge in [0.15, 0.2) is 0 Å². The second-order valence-corrected chi connectivity index (χ2v) is 7.56. The van der Waals surface area contributed by atoms with E-state index in [1.165, 1.54) is 4.80 Å². The van der Waals surface area contributed by atoms with Gasteiger partial charge in [0.1, 0.15) is 6.54 Å². The lowest BCUT2D eigenvalue weighted by atomic mass is 10.1. The summed E-state index contributed by atoms with van der Waals surface area (Å²) in [5.41, 5.74) is 3.04. The topological polar surface area (TPSA) is 76.4 Å². The third-order valence-corrected chi connectivity index (χ3v) is 5.26. The Morgan fingerprint density at radius 1 is 1.13 bits per heavy atom. The largest absolute Gasteiger partial charge is 0.378 e. The lowest BCUT2D eigenvalue weighted by molar-refractivity contribution is -0.131. The van der Waals surface area contributed by atoms with Crippen LogP contribution >= 0.6 is 11.6 Å². The van der Waals surface area contributed by atoms with Crippen LogP contribution in [0.25, 0.3) is 11.4 Å². The number of para-hydroxylation sites is 1. The minimum Gasteiger partial charge on any atom is -0.378 e. The lowest BCUT2D eigenvalue weighted by Gasteiger charge is -2.31. The minimum absolute atomic E-state index is 0.0246. The number of likely N-dealkylation sites (N-methyl/N-ethyl adjacent to an activating group) is 1. The highest BCUT2D eigenvalue weighted by molar-refractivity contribution is 6.30. The molecule has 0 radical (unpaired) electrons. The van der Waals surface area contributed by atoms with Crippen LogP contribution in [0.5, 0.6) is 0 Å². The van der Waals surface area contributed by atoms with E-state index in [4.69, 9.17) is 16.3 Å². The van der Waals surface area contributed by atoms with E-state index in [9.17, 15) is 4.79 Å². The van der Waals surface area contributed by atoms with E-state index < -0.39 is 0 Å². The van der Waals surface area contributed by atoms with Crippen LogP contribution in [0.2, 0.25) is 5.02 Å². The Balaban J connectivity index is 1.41. The first-order valence-electron chi connectivity index (χ1n) is 9.78. The summed E-state index contributed by atoms with van der Waals surface area (Å²) >= 11 is 5.91. The highest BCUT2D eigenvalue weighted by Gasteiger charge is 2.18. The molecule has 0 spiro atoms. The highest BCUT2D eigenvalue weighted by atomic mass is 35.5. The van der Waals surface area contributed by atoms with Crippen molar-refractivity contribution in [1.29, 1.82) is 0 Å². The van der Waals surface area contributed by atoms with Gasteiger partial charge in [-0.3, -0.25) is 4.79 Å². The van der Waals surface area contributed by atoms with Gasteiger partial charge < -0.3 is 14.5 Å². The van der Waals surface area contributed by atoms with Crippen LogP contribution < -0.4 is 4.90 Å². The maximum atomic E-state index is 12.7. The summed E-state index contributed by atoms with van der Waals surface area (Å²) in [6, 6.07) is 15.3. The predicted octanol–water partition coefficient (Wildman–Crippen LogP) is 2.49. The average Bonchev–Trinajstić information content (AvgIpc) is 3.23. The summed E-state index contributed by atoms with van der Waals surface area (Å²) in [4.78, 5) is 18.0. The van der Waals surface area contributed by atoms with Crippen molar-refractivity contribution in [3.05, 3.63) is 59.1 Å². The standard InChI is InChI=1S/C21H23ClN6O2/c1-26(14-17-4-2-3-5-19(17)27-10-12-30-13-11-27)20(29)15-28-24-21(23-25-28)16-6-8-18(22)9-7-16/h2-9H,10-15H2,1H3. The number of halogens is 1. The molecule has 0 unspecified atom stereocenters. The summed E-state index contributed by atoms with van der Waals surface area (Å²) in [7, 11) is 1.79. The van der Waals surface area contributed by atoms with Gasteiger partial charge in [-0.15, -0.1) is 10.2 Å². The van der Waals surface area contributed by atoms with E-state index >= 15 is 0 Å².